The Morgan fingerprint density at radius 2 is 2.12 bits per heavy atom. The van der Waals surface area contributed by atoms with Gasteiger partial charge in [0.25, 0.3) is 0 Å². The Kier molecular flexibility index (Phi) is 3.70. The molecule has 0 amide bonds. The lowest BCUT2D eigenvalue weighted by molar-refractivity contribution is 0.220. The molecule has 4 heteroatoms. The van der Waals surface area contributed by atoms with Crippen LogP contribution in [0.1, 0.15) is 31.2 Å². The molecule has 1 aliphatic carbocycles. The van der Waals surface area contributed by atoms with Crippen LogP contribution in [0.5, 0.6) is 5.75 Å². The van der Waals surface area contributed by atoms with Crippen molar-refractivity contribution < 1.29 is 4.74 Å². The lowest BCUT2D eigenvalue weighted by Crippen LogP contribution is -2.42. The van der Waals surface area contributed by atoms with Crippen LogP contribution in [0.15, 0.2) is 22.7 Å². The van der Waals surface area contributed by atoms with Gasteiger partial charge in [0.1, 0.15) is 18.4 Å². The van der Waals surface area contributed by atoms with Gasteiger partial charge < -0.3 is 10.5 Å². The van der Waals surface area contributed by atoms with E-state index in [9.17, 15) is 0 Å². The highest BCUT2D eigenvalue weighted by Crippen LogP contribution is 2.29. The van der Waals surface area contributed by atoms with Crippen LogP contribution in [0.25, 0.3) is 0 Å². The summed E-state index contributed by atoms with van der Waals surface area (Å²) in [4.78, 5) is 0. The molecule has 1 saturated carbocycles. The SMILES string of the molecule is N#Cc1ccc(Br)cc1OCC1(N)CCCC1. The van der Waals surface area contributed by atoms with Crippen molar-refractivity contribution in [3.8, 4) is 11.8 Å². The molecule has 0 unspecified atom stereocenters. The molecule has 2 N–H and O–H groups in total. The third-order valence-corrected chi connectivity index (χ3v) is 3.67. The summed E-state index contributed by atoms with van der Waals surface area (Å²) in [6.07, 6.45) is 4.35. The Labute approximate surface area is 110 Å². The van der Waals surface area contributed by atoms with Gasteiger partial charge in [-0.1, -0.05) is 28.8 Å². The van der Waals surface area contributed by atoms with E-state index in [-0.39, 0.29) is 5.54 Å². The predicted molar refractivity (Wildman–Crippen MR) is 69.7 cm³/mol. The monoisotopic (exact) mass is 294 g/mol. The Morgan fingerprint density at radius 1 is 1.41 bits per heavy atom. The van der Waals surface area contributed by atoms with E-state index >= 15 is 0 Å². The predicted octanol–water partition coefficient (Wildman–Crippen LogP) is 2.97. The van der Waals surface area contributed by atoms with E-state index in [2.05, 4.69) is 22.0 Å². The lowest BCUT2D eigenvalue weighted by atomic mass is 10.0. The first-order valence-corrected chi connectivity index (χ1v) is 6.54. The molecule has 0 radical (unpaired) electrons. The lowest BCUT2D eigenvalue weighted by Gasteiger charge is -2.23. The summed E-state index contributed by atoms with van der Waals surface area (Å²) in [5.74, 6) is 0.610. The van der Waals surface area contributed by atoms with Crippen LogP contribution in [0.4, 0.5) is 0 Å². The van der Waals surface area contributed by atoms with Crippen LogP contribution in [-0.2, 0) is 0 Å². The van der Waals surface area contributed by atoms with Gasteiger partial charge in [0.2, 0.25) is 0 Å². The van der Waals surface area contributed by atoms with Crippen LogP contribution < -0.4 is 10.5 Å². The highest BCUT2D eigenvalue weighted by Gasteiger charge is 2.30. The van der Waals surface area contributed by atoms with Crippen molar-refractivity contribution in [1.82, 2.24) is 0 Å². The van der Waals surface area contributed by atoms with Crippen molar-refractivity contribution >= 4 is 15.9 Å². The number of halogens is 1. The molecule has 2 rings (SSSR count). The molecule has 1 aromatic rings. The minimum Gasteiger partial charge on any atom is -0.490 e. The number of nitrogens with two attached hydrogens (primary N) is 1. The summed E-state index contributed by atoms with van der Waals surface area (Å²) in [6.45, 7) is 0.484. The first-order valence-electron chi connectivity index (χ1n) is 5.74. The maximum Gasteiger partial charge on any atom is 0.138 e. The van der Waals surface area contributed by atoms with Crippen molar-refractivity contribution in [3.63, 3.8) is 0 Å². The maximum atomic E-state index is 8.99. The molecule has 17 heavy (non-hydrogen) atoms. The Morgan fingerprint density at radius 3 is 2.76 bits per heavy atom. The molecule has 0 bridgehead atoms. The van der Waals surface area contributed by atoms with E-state index in [0.29, 0.717) is 17.9 Å². The fraction of sp³-hybridized carbons (Fsp3) is 0.462. The Balaban J connectivity index is 2.08. The molecular formula is C13H15BrN2O. The van der Waals surface area contributed by atoms with Gasteiger partial charge in [-0.25, -0.2) is 0 Å². The van der Waals surface area contributed by atoms with E-state index < -0.39 is 0 Å². The highest BCUT2D eigenvalue weighted by molar-refractivity contribution is 9.10. The maximum absolute atomic E-state index is 8.99. The molecule has 0 saturated heterocycles. The molecule has 0 atom stereocenters. The second kappa shape index (κ2) is 5.07. The van der Waals surface area contributed by atoms with Crippen molar-refractivity contribution in [1.29, 1.82) is 5.26 Å². The Hall–Kier alpha value is -1.05. The zero-order chi connectivity index (χ0) is 12.3. The van der Waals surface area contributed by atoms with Crippen LogP contribution in [-0.4, -0.2) is 12.1 Å². The zero-order valence-electron chi connectivity index (χ0n) is 9.58. The first kappa shape index (κ1) is 12.4. The number of ether oxygens (including phenoxy) is 1. The number of hydrogen-bond donors (Lipinski definition) is 1. The number of hydrogen-bond acceptors (Lipinski definition) is 3. The number of benzene rings is 1. The molecule has 0 aliphatic heterocycles. The number of rotatable bonds is 3. The molecule has 0 heterocycles. The van der Waals surface area contributed by atoms with Crippen LogP contribution in [0.2, 0.25) is 0 Å². The second-order valence-electron chi connectivity index (χ2n) is 4.61. The number of nitrogens with zero attached hydrogens (tertiary/aromatic N) is 1. The largest absolute Gasteiger partial charge is 0.490 e. The molecule has 1 fully saturated rings. The molecule has 90 valence electrons. The van der Waals surface area contributed by atoms with E-state index in [1.54, 1.807) is 6.07 Å². The van der Waals surface area contributed by atoms with E-state index in [1.165, 1.54) is 12.8 Å². The van der Waals surface area contributed by atoms with Crippen LogP contribution in [0.3, 0.4) is 0 Å². The molecule has 0 spiro atoms. The van der Waals surface area contributed by atoms with Gasteiger partial charge in [-0.05, 0) is 31.0 Å². The highest BCUT2D eigenvalue weighted by atomic mass is 79.9. The minimum absolute atomic E-state index is 0.213. The van der Waals surface area contributed by atoms with Crippen molar-refractivity contribution in [2.45, 2.75) is 31.2 Å². The van der Waals surface area contributed by atoms with Gasteiger partial charge in [0, 0.05) is 4.47 Å². The number of nitriles is 1. The summed E-state index contributed by atoms with van der Waals surface area (Å²) < 4.78 is 6.62. The van der Waals surface area contributed by atoms with Gasteiger partial charge in [0.05, 0.1) is 11.1 Å². The van der Waals surface area contributed by atoms with Gasteiger partial charge >= 0.3 is 0 Å². The summed E-state index contributed by atoms with van der Waals surface area (Å²) in [5.41, 5.74) is 6.55. The third-order valence-electron chi connectivity index (χ3n) is 3.18. The average molecular weight is 295 g/mol. The van der Waals surface area contributed by atoms with Crippen LogP contribution >= 0.6 is 15.9 Å². The fourth-order valence-electron chi connectivity index (χ4n) is 2.15. The second-order valence-corrected chi connectivity index (χ2v) is 5.53. The zero-order valence-corrected chi connectivity index (χ0v) is 11.2. The molecule has 3 nitrogen and oxygen atoms in total. The van der Waals surface area contributed by atoms with E-state index in [1.807, 2.05) is 12.1 Å². The summed E-state index contributed by atoms with van der Waals surface area (Å²) in [7, 11) is 0. The standard InChI is InChI=1S/C13H15BrN2O/c14-11-4-3-10(8-15)12(7-11)17-9-13(16)5-1-2-6-13/h3-4,7H,1-2,5-6,9,16H2. The topological polar surface area (TPSA) is 59.0 Å². The molecule has 1 aliphatic rings. The van der Waals surface area contributed by atoms with Crippen molar-refractivity contribution in [2.24, 2.45) is 5.73 Å². The average Bonchev–Trinajstić information content (AvgIpc) is 2.74. The Bertz CT molecular complexity index is 447. The van der Waals surface area contributed by atoms with E-state index in [4.69, 9.17) is 15.7 Å². The van der Waals surface area contributed by atoms with Crippen LogP contribution in [0, 0.1) is 11.3 Å². The molecule has 0 aromatic heterocycles. The minimum atomic E-state index is -0.213. The quantitative estimate of drug-likeness (QED) is 0.932. The van der Waals surface area contributed by atoms with Gasteiger partial charge in [-0.3, -0.25) is 0 Å². The smallest absolute Gasteiger partial charge is 0.138 e. The van der Waals surface area contributed by atoms with Gasteiger partial charge in [-0.2, -0.15) is 5.26 Å². The summed E-state index contributed by atoms with van der Waals surface area (Å²) >= 11 is 3.37. The van der Waals surface area contributed by atoms with E-state index in [0.717, 1.165) is 17.3 Å². The fourth-order valence-corrected chi connectivity index (χ4v) is 2.49. The third kappa shape index (κ3) is 2.99. The molecule has 1 aromatic carbocycles. The summed E-state index contributed by atoms with van der Waals surface area (Å²) in [5, 5.41) is 8.99. The summed E-state index contributed by atoms with van der Waals surface area (Å²) in [6, 6.07) is 7.52. The van der Waals surface area contributed by atoms with Crippen molar-refractivity contribution in [3.05, 3.63) is 28.2 Å². The van der Waals surface area contributed by atoms with Gasteiger partial charge in [0.15, 0.2) is 0 Å². The van der Waals surface area contributed by atoms with Crippen molar-refractivity contribution in [2.75, 3.05) is 6.61 Å². The van der Waals surface area contributed by atoms with Gasteiger partial charge in [-0.15, -0.1) is 0 Å². The first-order chi connectivity index (χ1) is 8.13. The molecular weight excluding hydrogens is 280 g/mol. The normalized spacial score (nSPS) is 17.7.